The summed E-state index contributed by atoms with van der Waals surface area (Å²) >= 11 is 1.23. The van der Waals surface area contributed by atoms with E-state index in [9.17, 15) is 24.3 Å². The van der Waals surface area contributed by atoms with Gasteiger partial charge in [0.2, 0.25) is 5.91 Å². The average molecular weight is 702 g/mol. The van der Waals surface area contributed by atoms with Crippen LogP contribution in [0.3, 0.4) is 0 Å². The maximum atomic E-state index is 14.0. The van der Waals surface area contributed by atoms with E-state index in [2.05, 4.69) is 44.9 Å². The van der Waals surface area contributed by atoms with Crippen LogP contribution in [-0.4, -0.2) is 64.5 Å². The molecule has 0 aliphatic carbocycles. The van der Waals surface area contributed by atoms with Crippen molar-refractivity contribution in [2.45, 2.75) is 125 Å². The number of carboxylic acids is 1. The van der Waals surface area contributed by atoms with E-state index in [0.717, 1.165) is 37.7 Å². The second-order valence-electron chi connectivity index (χ2n) is 13.7. The molecule has 0 saturated heterocycles. The summed E-state index contributed by atoms with van der Waals surface area (Å²) in [7, 11) is 1.59. The lowest BCUT2D eigenvalue weighted by atomic mass is 9.89. The van der Waals surface area contributed by atoms with E-state index in [1.807, 2.05) is 36.1 Å². The first-order valence-corrected chi connectivity index (χ1v) is 18.7. The van der Waals surface area contributed by atoms with Crippen LogP contribution in [-0.2, 0) is 25.5 Å². The van der Waals surface area contributed by atoms with E-state index >= 15 is 0 Å². The molecule has 0 spiro atoms. The highest BCUT2D eigenvalue weighted by atomic mass is 32.1. The minimum absolute atomic E-state index is 0.0787. The molecule has 2 aromatic rings. The Morgan fingerprint density at radius 3 is 2.20 bits per heavy atom. The van der Waals surface area contributed by atoms with Gasteiger partial charge in [-0.3, -0.25) is 19.2 Å². The van der Waals surface area contributed by atoms with Crippen molar-refractivity contribution in [1.29, 1.82) is 0 Å². The van der Waals surface area contributed by atoms with E-state index in [-0.39, 0.29) is 41.8 Å². The fourth-order valence-corrected chi connectivity index (χ4v) is 6.79. The number of methoxy groups -OCH3 is 1. The number of hydrogen-bond donors (Lipinski definition) is 2. The van der Waals surface area contributed by atoms with Crippen LogP contribution in [0.25, 0.3) is 0 Å². The molecule has 2 rings (SSSR count). The third kappa shape index (κ3) is 13.4. The quantitative estimate of drug-likeness (QED) is 0.0942. The first kappa shape index (κ1) is 41.7. The Morgan fingerprint density at radius 2 is 1.65 bits per heavy atom. The molecule has 274 valence electrons. The highest BCUT2D eigenvalue weighted by Crippen LogP contribution is 2.32. The van der Waals surface area contributed by atoms with Crippen LogP contribution in [0.15, 0.2) is 29.6 Å². The van der Waals surface area contributed by atoms with Crippen LogP contribution >= 0.6 is 11.3 Å². The topological polar surface area (TPSA) is 135 Å². The van der Waals surface area contributed by atoms with E-state index < -0.39 is 35.9 Å². The van der Waals surface area contributed by atoms with Crippen molar-refractivity contribution in [2.24, 2.45) is 23.7 Å². The van der Waals surface area contributed by atoms with Crippen molar-refractivity contribution in [3.63, 3.8) is 0 Å². The van der Waals surface area contributed by atoms with Crippen molar-refractivity contribution in [1.82, 2.24) is 15.2 Å². The van der Waals surface area contributed by atoms with Crippen molar-refractivity contribution in [2.75, 3.05) is 13.7 Å². The number of ether oxygens (including phenoxy) is 2. The highest BCUT2D eigenvalue weighted by molar-refractivity contribution is 7.09. The molecule has 11 heteroatoms. The van der Waals surface area contributed by atoms with Gasteiger partial charge in [-0.25, -0.2) is 4.98 Å². The number of thiazole rings is 1. The number of esters is 1. The average Bonchev–Trinajstić information content (AvgIpc) is 3.56. The second-order valence-corrected chi connectivity index (χ2v) is 14.6. The minimum Gasteiger partial charge on any atom is -0.497 e. The zero-order valence-corrected chi connectivity index (χ0v) is 31.8. The standard InChI is InChI=1S/C38H59N3O7S/c1-10-12-13-14-19-41(37(44)27(7)25(5)11-2)33(24(3)4)22-34(48-28(8)42)36-40-32(23-49-36)35(43)39-30(20-26(6)38(45)46)21-29-15-17-31(47-9)18-16-29/h15-18,23-27,30,33-34H,10-14,19-22H2,1-9H3,(H,39,43)(H,45,46)/t25-,26-,27-,30?,33?,34?/m0/s1. The third-order valence-corrected chi connectivity index (χ3v) is 10.4. The summed E-state index contributed by atoms with van der Waals surface area (Å²) in [5.41, 5.74) is 1.09. The number of amides is 2. The van der Waals surface area contributed by atoms with Crippen LogP contribution in [0, 0.1) is 23.7 Å². The zero-order valence-electron chi connectivity index (χ0n) is 31.0. The first-order chi connectivity index (χ1) is 23.2. The maximum Gasteiger partial charge on any atom is 0.306 e. The normalized spacial score (nSPS) is 15.1. The summed E-state index contributed by atoms with van der Waals surface area (Å²) in [4.78, 5) is 58.2. The molecule has 0 aliphatic rings. The van der Waals surface area contributed by atoms with Crippen molar-refractivity contribution >= 4 is 35.1 Å². The number of hydrogen-bond acceptors (Lipinski definition) is 8. The molecule has 1 aromatic heterocycles. The van der Waals surface area contributed by atoms with E-state index in [4.69, 9.17) is 9.47 Å². The number of carbonyl (C=O) groups is 4. The molecule has 49 heavy (non-hydrogen) atoms. The molecule has 0 bridgehead atoms. The number of unbranched alkanes of at least 4 members (excludes halogenated alkanes) is 3. The lowest BCUT2D eigenvalue weighted by Gasteiger charge is -2.38. The molecule has 2 N–H and O–H groups in total. The number of rotatable bonds is 22. The lowest BCUT2D eigenvalue weighted by Crippen LogP contribution is -2.48. The largest absolute Gasteiger partial charge is 0.497 e. The molecule has 10 nitrogen and oxygen atoms in total. The number of nitrogens with one attached hydrogen (secondary N) is 1. The van der Waals surface area contributed by atoms with E-state index in [1.165, 1.54) is 18.3 Å². The third-order valence-electron chi connectivity index (χ3n) is 9.42. The van der Waals surface area contributed by atoms with Gasteiger partial charge in [-0.1, -0.05) is 86.3 Å². The highest BCUT2D eigenvalue weighted by Gasteiger charge is 2.35. The summed E-state index contributed by atoms with van der Waals surface area (Å²) < 4.78 is 11.1. The molecule has 3 unspecified atom stereocenters. The van der Waals surface area contributed by atoms with Gasteiger partial charge < -0.3 is 24.8 Å². The molecular weight excluding hydrogens is 642 g/mol. The van der Waals surface area contributed by atoms with Gasteiger partial charge in [-0.05, 0) is 48.8 Å². The van der Waals surface area contributed by atoms with E-state index in [1.54, 1.807) is 19.4 Å². The second kappa shape index (κ2) is 20.9. The van der Waals surface area contributed by atoms with Gasteiger partial charge in [-0.2, -0.15) is 0 Å². The van der Waals surface area contributed by atoms with Gasteiger partial charge in [0.05, 0.1) is 13.0 Å². The molecule has 2 amide bonds. The maximum absolute atomic E-state index is 14.0. The lowest BCUT2D eigenvalue weighted by molar-refractivity contribution is -0.149. The number of nitrogens with zero attached hydrogens (tertiary/aromatic N) is 2. The van der Waals surface area contributed by atoms with Gasteiger partial charge in [0.15, 0.2) is 6.10 Å². The van der Waals surface area contributed by atoms with Crippen LogP contribution in [0.5, 0.6) is 5.75 Å². The van der Waals surface area contributed by atoms with Crippen LogP contribution in [0.1, 0.15) is 127 Å². The Morgan fingerprint density at radius 1 is 0.980 bits per heavy atom. The van der Waals surface area contributed by atoms with Gasteiger partial charge in [0, 0.05) is 43.3 Å². The summed E-state index contributed by atoms with van der Waals surface area (Å²) in [6.45, 7) is 16.1. The number of benzene rings is 1. The van der Waals surface area contributed by atoms with Gasteiger partial charge >= 0.3 is 11.9 Å². The molecule has 0 saturated carbocycles. The van der Waals surface area contributed by atoms with Crippen molar-refractivity contribution < 1.29 is 33.8 Å². The molecule has 0 radical (unpaired) electrons. The summed E-state index contributed by atoms with van der Waals surface area (Å²) in [6.07, 6.45) is 5.30. The van der Waals surface area contributed by atoms with Crippen molar-refractivity contribution in [3.05, 3.63) is 45.9 Å². The molecule has 0 fully saturated rings. The minimum atomic E-state index is -0.940. The number of aliphatic carboxylic acids is 1. The fourth-order valence-electron chi connectivity index (χ4n) is 5.95. The summed E-state index contributed by atoms with van der Waals surface area (Å²) in [6, 6.07) is 6.75. The molecule has 1 aromatic carbocycles. The molecule has 1 heterocycles. The smallest absolute Gasteiger partial charge is 0.306 e. The summed E-state index contributed by atoms with van der Waals surface area (Å²) in [5.74, 6) is -1.53. The van der Waals surface area contributed by atoms with Gasteiger partial charge in [0.25, 0.3) is 5.91 Å². The van der Waals surface area contributed by atoms with Crippen LogP contribution in [0.2, 0.25) is 0 Å². The monoisotopic (exact) mass is 701 g/mol. The fraction of sp³-hybridized carbons (Fsp3) is 0.658. The molecule has 0 aliphatic heterocycles. The van der Waals surface area contributed by atoms with Crippen molar-refractivity contribution in [3.8, 4) is 5.75 Å². The Labute approximate surface area is 297 Å². The van der Waals surface area contributed by atoms with Gasteiger partial charge in [0.1, 0.15) is 16.5 Å². The Bertz CT molecular complexity index is 1330. The first-order valence-electron chi connectivity index (χ1n) is 17.8. The van der Waals surface area contributed by atoms with Gasteiger partial charge in [-0.15, -0.1) is 11.3 Å². The predicted octanol–water partition coefficient (Wildman–Crippen LogP) is 7.71. The van der Waals surface area contributed by atoms with Crippen LogP contribution in [0.4, 0.5) is 0 Å². The molecular formula is C38H59N3O7S. The molecule has 6 atom stereocenters. The Hall–Kier alpha value is -3.47. The predicted molar refractivity (Wildman–Crippen MR) is 194 cm³/mol. The van der Waals surface area contributed by atoms with Crippen LogP contribution < -0.4 is 10.1 Å². The Kier molecular flexibility index (Phi) is 17.8. The SMILES string of the molecule is CCCCCCN(C(=O)[C@@H](C)[C@@H](C)CC)C(CC(OC(C)=O)c1nc(C(=O)NC(Cc2ccc(OC)cc2)C[C@H](C)C(=O)O)cs1)C(C)C. The number of carbonyl (C=O) groups excluding carboxylic acids is 3. The zero-order chi connectivity index (χ0) is 36.7. The Balaban J connectivity index is 2.36. The summed E-state index contributed by atoms with van der Waals surface area (Å²) in [5, 5.41) is 14.7. The number of aromatic nitrogens is 1. The van der Waals surface area contributed by atoms with E-state index in [0.29, 0.717) is 30.1 Å². The number of carboxylic acid groups (broad SMARTS) is 1.